The van der Waals surface area contributed by atoms with Gasteiger partial charge in [-0.2, -0.15) is 5.16 Å². The average Bonchev–Trinajstić information content (AvgIpc) is 3.04. The minimum absolute atomic E-state index is 0.188. The second-order valence-electron chi connectivity index (χ2n) is 5.81. The van der Waals surface area contributed by atoms with Crippen LogP contribution in [0.15, 0.2) is 27.5 Å². The van der Waals surface area contributed by atoms with E-state index in [1.54, 1.807) is 0 Å². The van der Waals surface area contributed by atoms with Gasteiger partial charge in [0.15, 0.2) is 0 Å². The lowest BCUT2D eigenvalue weighted by Gasteiger charge is -2.38. The Bertz CT molecular complexity index is 828. The monoisotopic (exact) mass is 372 g/mol. The number of H-pyrrole nitrogens is 1. The fourth-order valence-electron chi connectivity index (χ4n) is 3.14. The number of amides is 1. The highest BCUT2D eigenvalue weighted by Crippen LogP contribution is 2.40. The Morgan fingerprint density at radius 1 is 1.36 bits per heavy atom. The molecule has 0 radical (unpaired) electrons. The summed E-state index contributed by atoms with van der Waals surface area (Å²) in [6.45, 7) is 0.281. The Morgan fingerprint density at radius 3 is 2.60 bits per heavy atom. The van der Waals surface area contributed by atoms with Gasteiger partial charge in [-0.25, -0.2) is 13.6 Å². The van der Waals surface area contributed by atoms with E-state index < -0.39 is 28.8 Å². The first-order valence-electron chi connectivity index (χ1n) is 7.58. The van der Waals surface area contributed by atoms with E-state index in [0.717, 1.165) is 12.1 Å². The molecule has 1 aliphatic rings. The van der Waals surface area contributed by atoms with E-state index >= 15 is 0 Å². The van der Waals surface area contributed by atoms with Crippen molar-refractivity contribution in [3.05, 3.63) is 56.5 Å². The van der Waals surface area contributed by atoms with Gasteiger partial charge in [-0.3, -0.25) is 4.79 Å². The third kappa shape index (κ3) is 3.39. The highest BCUT2D eigenvalue weighted by Gasteiger charge is 2.36. The molecule has 9 heteroatoms. The van der Waals surface area contributed by atoms with Crippen LogP contribution in [0.3, 0.4) is 0 Å². The van der Waals surface area contributed by atoms with E-state index in [9.17, 15) is 18.4 Å². The molecule has 3 rings (SSSR count). The number of methoxy groups -OCH3 is 1. The van der Waals surface area contributed by atoms with Crippen LogP contribution in [0.4, 0.5) is 13.6 Å². The second-order valence-corrected chi connectivity index (χ2v) is 6.19. The predicted octanol–water partition coefficient (Wildman–Crippen LogP) is 3.59. The molecule has 6 nitrogen and oxygen atoms in total. The molecule has 1 saturated heterocycles. The molecular formula is C16H15ClF2N2O4. The van der Waals surface area contributed by atoms with E-state index in [-0.39, 0.29) is 23.6 Å². The molecule has 0 saturated carbocycles. The van der Waals surface area contributed by atoms with Gasteiger partial charge in [0.25, 0.3) is 5.56 Å². The molecular weight excluding hydrogens is 358 g/mol. The number of hydrogen-bond donors (Lipinski definition) is 1. The van der Waals surface area contributed by atoms with E-state index in [1.807, 2.05) is 0 Å². The number of halogens is 3. The molecule has 0 bridgehead atoms. The maximum atomic E-state index is 13.9. The summed E-state index contributed by atoms with van der Waals surface area (Å²) in [6.07, 6.45) is 0.233. The van der Waals surface area contributed by atoms with E-state index in [0.29, 0.717) is 18.6 Å². The van der Waals surface area contributed by atoms with Gasteiger partial charge in [-0.05, 0) is 30.5 Å². The number of carbonyl (C=O) groups is 1. The van der Waals surface area contributed by atoms with E-state index in [1.165, 1.54) is 18.1 Å². The molecule has 0 aliphatic carbocycles. The van der Waals surface area contributed by atoms with Crippen molar-refractivity contribution in [1.82, 2.24) is 10.1 Å². The quantitative estimate of drug-likeness (QED) is 0.817. The summed E-state index contributed by atoms with van der Waals surface area (Å²) in [5.41, 5.74) is -0.113. The van der Waals surface area contributed by atoms with Crippen LogP contribution >= 0.6 is 11.6 Å². The summed E-state index contributed by atoms with van der Waals surface area (Å²) in [6, 6.07) is 2.88. The summed E-state index contributed by atoms with van der Waals surface area (Å²) in [4.78, 5) is 24.7. The van der Waals surface area contributed by atoms with Gasteiger partial charge in [0.1, 0.15) is 22.4 Å². The van der Waals surface area contributed by atoms with Crippen molar-refractivity contribution in [2.45, 2.75) is 24.8 Å². The molecule has 25 heavy (non-hydrogen) atoms. The first-order valence-corrected chi connectivity index (χ1v) is 7.96. The van der Waals surface area contributed by atoms with Crippen LogP contribution in [-0.2, 0) is 4.74 Å². The summed E-state index contributed by atoms with van der Waals surface area (Å²) in [7, 11) is 1.24. The summed E-state index contributed by atoms with van der Waals surface area (Å²) < 4.78 is 37.6. The van der Waals surface area contributed by atoms with Crippen LogP contribution in [0.1, 0.15) is 36.1 Å². The Labute approximate surface area is 146 Å². The zero-order valence-electron chi connectivity index (χ0n) is 13.2. The highest BCUT2D eigenvalue weighted by molar-refractivity contribution is 6.30. The van der Waals surface area contributed by atoms with E-state index in [2.05, 4.69) is 5.16 Å². The minimum Gasteiger partial charge on any atom is -0.453 e. The van der Waals surface area contributed by atoms with Gasteiger partial charge in [-0.1, -0.05) is 11.6 Å². The highest BCUT2D eigenvalue weighted by atomic mass is 35.5. The minimum atomic E-state index is -0.906. The van der Waals surface area contributed by atoms with Crippen LogP contribution in [0, 0.1) is 11.6 Å². The second kappa shape index (κ2) is 6.87. The summed E-state index contributed by atoms with van der Waals surface area (Å²) in [5, 5.41) is 1.62. The van der Waals surface area contributed by atoms with Gasteiger partial charge in [0, 0.05) is 18.5 Å². The fraction of sp³-hybridized carbons (Fsp3) is 0.375. The number of rotatable bonds is 2. The van der Waals surface area contributed by atoms with Crippen molar-refractivity contribution >= 4 is 17.7 Å². The number of aromatic nitrogens is 1. The maximum Gasteiger partial charge on any atom is 0.409 e. The molecule has 2 atom stereocenters. The van der Waals surface area contributed by atoms with Crippen LogP contribution < -0.4 is 5.56 Å². The Hall–Kier alpha value is -2.35. The van der Waals surface area contributed by atoms with Gasteiger partial charge in [0.05, 0.1) is 13.2 Å². The number of ether oxygens (including phenoxy) is 1. The number of hydrogen-bond acceptors (Lipinski definition) is 4. The van der Waals surface area contributed by atoms with Crippen molar-refractivity contribution in [1.29, 1.82) is 0 Å². The summed E-state index contributed by atoms with van der Waals surface area (Å²) in [5.74, 6) is -1.56. The van der Waals surface area contributed by atoms with E-state index in [4.69, 9.17) is 20.9 Å². The summed E-state index contributed by atoms with van der Waals surface area (Å²) >= 11 is 5.53. The molecule has 0 spiro atoms. The van der Waals surface area contributed by atoms with Gasteiger partial charge < -0.3 is 14.2 Å². The largest absolute Gasteiger partial charge is 0.453 e. The molecule has 2 heterocycles. The number of carbonyl (C=O) groups excluding carboxylic acids is 1. The number of benzene rings is 1. The molecule has 2 aromatic rings. The number of likely N-dealkylation sites (tertiary alicyclic amines) is 1. The van der Waals surface area contributed by atoms with Gasteiger partial charge >= 0.3 is 6.09 Å². The third-order valence-corrected chi connectivity index (χ3v) is 4.71. The van der Waals surface area contributed by atoms with Crippen LogP contribution in [0.2, 0.25) is 5.02 Å². The maximum absolute atomic E-state index is 13.9. The molecule has 1 aliphatic heterocycles. The van der Waals surface area contributed by atoms with Crippen molar-refractivity contribution in [3.8, 4) is 0 Å². The third-order valence-electron chi connectivity index (χ3n) is 4.35. The standard InChI is InChI=1S/C16H15ClF2N2O4/c1-24-16(23)21-3-2-8(13-7-14(22)20-25-13)6-12(21)9-4-10(18)15(17)11(19)5-9/h4-5,7-8,12H,2-3,6H2,1H3,(H,20,22). The molecule has 1 aromatic heterocycles. The zero-order chi connectivity index (χ0) is 18.1. The molecule has 2 unspecified atom stereocenters. The number of aromatic amines is 1. The zero-order valence-corrected chi connectivity index (χ0v) is 14.0. The Morgan fingerprint density at radius 2 is 2.04 bits per heavy atom. The smallest absolute Gasteiger partial charge is 0.409 e. The lowest BCUT2D eigenvalue weighted by Crippen LogP contribution is -2.40. The predicted molar refractivity (Wildman–Crippen MR) is 84.5 cm³/mol. The van der Waals surface area contributed by atoms with Crippen LogP contribution in [0.5, 0.6) is 0 Å². The van der Waals surface area contributed by atoms with Crippen molar-refractivity contribution in [2.75, 3.05) is 13.7 Å². The molecule has 1 aromatic carbocycles. The number of piperidine rings is 1. The Balaban J connectivity index is 1.97. The molecule has 1 N–H and O–H groups in total. The molecule has 1 amide bonds. The van der Waals surface area contributed by atoms with Crippen molar-refractivity contribution < 1.29 is 22.8 Å². The van der Waals surface area contributed by atoms with Crippen LogP contribution in [0.25, 0.3) is 0 Å². The molecule has 134 valence electrons. The lowest BCUT2D eigenvalue weighted by molar-refractivity contribution is 0.0813. The topological polar surface area (TPSA) is 75.5 Å². The SMILES string of the molecule is COC(=O)N1CCC(c2cc(=O)[nH]o2)CC1c1cc(F)c(Cl)c(F)c1. The number of nitrogens with one attached hydrogen (secondary N) is 1. The fourth-order valence-corrected chi connectivity index (χ4v) is 3.25. The Kier molecular flexibility index (Phi) is 4.80. The first kappa shape index (κ1) is 17.5. The van der Waals surface area contributed by atoms with Gasteiger partial charge in [-0.15, -0.1) is 0 Å². The van der Waals surface area contributed by atoms with Crippen molar-refractivity contribution in [2.24, 2.45) is 0 Å². The normalized spacial score (nSPS) is 20.6. The van der Waals surface area contributed by atoms with Crippen LogP contribution in [-0.4, -0.2) is 29.8 Å². The average molecular weight is 373 g/mol. The first-order chi connectivity index (χ1) is 11.9. The number of nitrogens with zero attached hydrogens (tertiary/aromatic N) is 1. The van der Waals surface area contributed by atoms with Crippen molar-refractivity contribution in [3.63, 3.8) is 0 Å². The van der Waals surface area contributed by atoms with Gasteiger partial charge in [0.2, 0.25) is 0 Å². The lowest BCUT2D eigenvalue weighted by atomic mass is 9.86. The molecule has 1 fully saturated rings.